The molecule has 0 bridgehead atoms. The first-order chi connectivity index (χ1) is 13.1. The number of imidazole rings is 1. The van der Waals surface area contributed by atoms with Crippen molar-refractivity contribution in [2.75, 3.05) is 6.54 Å². The van der Waals surface area contributed by atoms with Crippen LogP contribution in [0, 0.1) is 0 Å². The minimum Gasteiger partial charge on any atom is -0.323 e. The van der Waals surface area contributed by atoms with Gasteiger partial charge in [-0.3, -0.25) is 14.5 Å². The molecular weight excluding hydrogens is 362 g/mol. The smallest absolute Gasteiger partial charge is 0.253 e. The van der Waals surface area contributed by atoms with E-state index in [0.717, 1.165) is 22.4 Å². The first-order valence-corrected chi connectivity index (χ1v) is 9.22. The molecule has 0 unspecified atom stereocenters. The number of aromatic nitrogens is 2. The summed E-state index contributed by atoms with van der Waals surface area (Å²) >= 11 is 6.13. The summed E-state index contributed by atoms with van der Waals surface area (Å²) in [6.07, 6.45) is 3.97. The van der Waals surface area contributed by atoms with Crippen LogP contribution in [0.3, 0.4) is 0 Å². The molecule has 27 heavy (non-hydrogen) atoms. The molecule has 6 heteroatoms. The molecule has 2 heterocycles. The van der Waals surface area contributed by atoms with Crippen LogP contribution >= 0.6 is 11.6 Å². The first kappa shape index (κ1) is 17.5. The van der Waals surface area contributed by atoms with Crippen molar-refractivity contribution < 1.29 is 9.59 Å². The molecule has 0 fully saturated rings. The maximum absolute atomic E-state index is 11.7. The van der Waals surface area contributed by atoms with Gasteiger partial charge in [0.1, 0.15) is 5.82 Å². The van der Waals surface area contributed by atoms with Crippen molar-refractivity contribution in [3.63, 3.8) is 0 Å². The number of hydrogen-bond donors (Lipinski definition) is 0. The van der Waals surface area contributed by atoms with Gasteiger partial charge in [0.05, 0.1) is 11.0 Å². The minimum atomic E-state index is -0.243. The standard InChI is InChI=1S/C21H18ClN3O2/c22-16-6-3-5-15(13-16)14-25-18-8-2-1-7-17(18)23-19(25)9-4-12-24-20(26)10-11-21(24)27/h1-3,5-8,10-11,13H,4,9,12,14H2. The third-order valence-electron chi connectivity index (χ3n) is 4.65. The van der Waals surface area contributed by atoms with Crippen LogP contribution in [0.2, 0.25) is 5.02 Å². The Morgan fingerprint density at radius 3 is 2.52 bits per heavy atom. The van der Waals surface area contributed by atoms with Gasteiger partial charge in [0.2, 0.25) is 0 Å². The van der Waals surface area contributed by atoms with E-state index in [2.05, 4.69) is 4.57 Å². The average Bonchev–Trinajstić information content (AvgIpc) is 3.16. The zero-order valence-electron chi connectivity index (χ0n) is 14.6. The van der Waals surface area contributed by atoms with Crippen molar-refractivity contribution in [3.8, 4) is 0 Å². The van der Waals surface area contributed by atoms with Crippen LogP contribution in [-0.2, 0) is 22.6 Å². The van der Waals surface area contributed by atoms with Gasteiger partial charge >= 0.3 is 0 Å². The summed E-state index contributed by atoms with van der Waals surface area (Å²) in [7, 11) is 0. The Labute approximate surface area is 161 Å². The lowest BCUT2D eigenvalue weighted by molar-refractivity contribution is -0.136. The molecule has 1 aromatic heterocycles. The topological polar surface area (TPSA) is 55.2 Å². The molecule has 3 aromatic rings. The molecule has 4 rings (SSSR count). The Morgan fingerprint density at radius 2 is 1.74 bits per heavy atom. The lowest BCUT2D eigenvalue weighted by Gasteiger charge is -2.14. The highest BCUT2D eigenvalue weighted by Crippen LogP contribution is 2.20. The Hall–Kier alpha value is -2.92. The van der Waals surface area contributed by atoms with Crippen LogP contribution in [0.4, 0.5) is 0 Å². The summed E-state index contributed by atoms with van der Waals surface area (Å²) in [5.74, 6) is 0.447. The molecule has 1 aliphatic rings. The number of rotatable bonds is 6. The maximum atomic E-state index is 11.7. The number of hydrogen-bond acceptors (Lipinski definition) is 3. The number of benzene rings is 2. The van der Waals surface area contributed by atoms with E-state index in [9.17, 15) is 9.59 Å². The van der Waals surface area contributed by atoms with Gasteiger partial charge in [0.25, 0.3) is 11.8 Å². The monoisotopic (exact) mass is 379 g/mol. The van der Waals surface area contributed by atoms with Crippen molar-refractivity contribution >= 4 is 34.4 Å². The van der Waals surface area contributed by atoms with E-state index in [-0.39, 0.29) is 11.8 Å². The summed E-state index contributed by atoms with van der Waals surface area (Å²) in [5, 5.41) is 0.706. The minimum absolute atomic E-state index is 0.243. The van der Waals surface area contributed by atoms with Crippen molar-refractivity contribution in [3.05, 3.63) is 77.1 Å². The van der Waals surface area contributed by atoms with Crippen molar-refractivity contribution in [2.45, 2.75) is 19.4 Å². The van der Waals surface area contributed by atoms with Crippen LogP contribution < -0.4 is 0 Å². The summed E-state index contributed by atoms with van der Waals surface area (Å²) in [4.78, 5) is 29.4. The second-order valence-corrected chi connectivity index (χ2v) is 6.93. The van der Waals surface area contributed by atoms with E-state index in [1.807, 2.05) is 48.5 Å². The molecule has 0 saturated carbocycles. The van der Waals surface area contributed by atoms with Crippen LogP contribution in [0.5, 0.6) is 0 Å². The van der Waals surface area contributed by atoms with E-state index in [1.165, 1.54) is 17.1 Å². The SMILES string of the molecule is O=C1C=CC(=O)N1CCCc1nc2ccccc2n1Cc1cccc(Cl)c1. The average molecular weight is 380 g/mol. The summed E-state index contributed by atoms with van der Waals surface area (Å²) < 4.78 is 2.17. The van der Waals surface area contributed by atoms with E-state index in [1.54, 1.807) is 0 Å². The summed E-state index contributed by atoms with van der Waals surface area (Å²) in [5.41, 5.74) is 3.09. The van der Waals surface area contributed by atoms with Crippen LogP contribution in [-0.4, -0.2) is 32.8 Å². The zero-order chi connectivity index (χ0) is 18.8. The predicted octanol–water partition coefficient (Wildman–Crippen LogP) is 3.60. The second-order valence-electron chi connectivity index (χ2n) is 6.50. The second kappa shape index (κ2) is 7.37. The van der Waals surface area contributed by atoms with Crippen LogP contribution in [0.1, 0.15) is 17.8 Å². The quantitative estimate of drug-likeness (QED) is 0.615. The number of carbonyl (C=O) groups is 2. The van der Waals surface area contributed by atoms with Crippen LogP contribution in [0.15, 0.2) is 60.7 Å². The van der Waals surface area contributed by atoms with Gasteiger partial charge in [-0.2, -0.15) is 0 Å². The Morgan fingerprint density at radius 1 is 0.963 bits per heavy atom. The van der Waals surface area contributed by atoms with Gasteiger partial charge < -0.3 is 4.57 Å². The zero-order valence-corrected chi connectivity index (χ0v) is 15.4. The van der Waals surface area contributed by atoms with Gasteiger partial charge in [-0.25, -0.2) is 4.98 Å². The number of para-hydroxylation sites is 2. The molecule has 0 N–H and O–H groups in total. The van der Waals surface area contributed by atoms with Crippen molar-refractivity contribution in [1.82, 2.24) is 14.5 Å². The van der Waals surface area contributed by atoms with Gasteiger partial charge in [-0.05, 0) is 36.2 Å². The van der Waals surface area contributed by atoms with E-state index in [0.29, 0.717) is 31.0 Å². The number of imide groups is 1. The first-order valence-electron chi connectivity index (χ1n) is 8.84. The lowest BCUT2D eigenvalue weighted by atomic mass is 10.2. The molecule has 2 aromatic carbocycles. The van der Waals surface area contributed by atoms with Crippen molar-refractivity contribution in [2.24, 2.45) is 0 Å². The Balaban J connectivity index is 1.56. The molecule has 0 atom stereocenters. The van der Waals surface area contributed by atoms with E-state index in [4.69, 9.17) is 16.6 Å². The number of carbonyl (C=O) groups excluding carboxylic acids is 2. The fourth-order valence-corrected chi connectivity index (χ4v) is 3.57. The highest BCUT2D eigenvalue weighted by Gasteiger charge is 2.22. The highest BCUT2D eigenvalue weighted by molar-refractivity contribution is 6.30. The van der Waals surface area contributed by atoms with Gasteiger partial charge in [0, 0.05) is 36.7 Å². The molecule has 0 saturated heterocycles. The lowest BCUT2D eigenvalue weighted by Crippen LogP contribution is -2.31. The number of halogens is 1. The summed E-state index contributed by atoms with van der Waals surface area (Å²) in [6, 6.07) is 15.8. The molecular formula is C21H18ClN3O2. The van der Waals surface area contributed by atoms with E-state index >= 15 is 0 Å². The summed E-state index contributed by atoms with van der Waals surface area (Å²) in [6.45, 7) is 1.06. The number of aryl methyl sites for hydroxylation is 1. The van der Waals surface area contributed by atoms with Gasteiger partial charge in [0.15, 0.2) is 0 Å². The highest BCUT2D eigenvalue weighted by atomic mass is 35.5. The molecule has 5 nitrogen and oxygen atoms in total. The molecule has 0 spiro atoms. The molecule has 2 amide bonds. The Kier molecular flexibility index (Phi) is 4.77. The number of fused-ring (bicyclic) bond motifs is 1. The predicted molar refractivity (Wildman–Crippen MR) is 104 cm³/mol. The Bertz CT molecular complexity index is 1040. The van der Waals surface area contributed by atoms with Crippen molar-refractivity contribution in [1.29, 1.82) is 0 Å². The van der Waals surface area contributed by atoms with Gasteiger partial charge in [-0.1, -0.05) is 35.9 Å². The number of amides is 2. The fourth-order valence-electron chi connectivity index (χ4n) is 3.36. The third kappa shape index (κ3) is 3.64. The molecule has 0 aliphatic carbocycles. The largest absolute Gasteiger partial charge is 0.323 e. The van der Waals surface area contributed by atoms with Gasteiger partial charge in [-0.15, -0.1) is 0 Å². The fraction of sp³-hybridized carbons (Fsp3) is 0.190. The molecule has 1 aliphatic heterocycles. The third-order valence-corrected chi connectivity index (χ3v) is 4.88. The van der Waals surface area contributed by atoms with Crippen LogP contribution in [0.25, 0.3) is 11.0 Å². The maximum Gasteiger partial charge on any atom is 0.253 e. The molecule has 0 radical (unpaired) electrons. The normalized spacial score (nSPS) is 13.9. The number of nitrogens with zero attached hydrogens (tertiary/aromatic N) is 3. The molecule has 136 valence electrons. The van der Waals surface area contributed by atoms with E-state index < -0.39 is 0 Å².